The van der Waals surface area contributed by atoms with Crippen molar-refractivity contribution in [1.29, 1.82) is 0 Å². The van der Waals surface area contributed by atoms with Gasteiger partial charge in [0, 0.05) is 17.5 Å². The zero-order chi connectivity index (χ0) is 17.9. The Labute approximate surface area is 150 Å². The number of thiazole rings is 1. The average molecular weight is 376 g/mol. The van der Waals surface area contributed by atoms with Gasteiger partial charge in [-0.05, 0) is 42.3 Å². The minimum atomic E-state index is -3.56. The zero-order valence-corrected chi connectivity index (χ0v) is 15.2. The van der Waals surface area contributed by atoms with Gasteiger partial charge < -0.3 is 0 Å². The highest BCUT2D eigenvalue weighted by Crippen LogP contribution is 2.18. The van der Waals surface area contributed by atoms with Crippen LogP contribution in [0.5, 0.6) is 0 Å². The van der Waals surface area contributed by atoms with E-state index < -0.39 is 10.0 Å². The van der Waals surface area contributed by atoms with Crippen molar-refractivity contribution < 1.29 is 12.8 Å². The lowest BCUT2D eigenvalue weighted by Gasteiger charge is -2.05. The molecule has 1 heterocycles. The van der Waals surface area contributed by atoms with Crippen LogP contribution in [0.2, 0.25) is 0 Å². The van der Waals surface area contributed by atoms with Gasteiger partial charge in [-0.25, -0.2) is 22.5 Å². The molecule has 0 saturated carbocycles. The SMILES string of the molecule is Cc1cccc(S(=O)(=O)NCc2ncc(Cc3ccc(F)cc3)s2)c1. The predicted molar refractivity (Wildman–Crippen MR) is 96.5 cm³/mol. The molecule has 0 spiro atoms. The van der Waals surface area contributed by atoms with E-state index in [1.54, 1.807) is 36.5 Å². The molecule has 0 saturated heterocycles. The Morgan fingerprint density at radius 3 is 2.64 bits per heavy atom. The largest absolute Gasteiger partial charge is 0.248 e. The van der Waals surface area contributed by atoms with Crippen molar-refractivity contribution in [3.63, 3.8) is 0 Å². The van der Waals surface area contributed by atoms with E-state index in [4.69, 9.17) is 0 Å². The maximum Gasteiger partial charge on any atom is 0.240 e. The Hall–Kier alpha value is -2.09. The van der Waals surface area contributed by atoms with Crippen LogP contribution < -0.4 is 4.72 Å². The van der Waals surface area contributed by atoms with E-state index in [1.165, 1.54) is 23.5 Å². The number of sulfonamides is 1. The smallest absolute Gasteiger partial charge is 0.240 e. The zero-order valence-electron chi connectivity index (χ0n) is 13.6. The van der Waals surface area contributed by atoms with E-state index in [2.05, 4.69) is 9.71 Å². The molecule has 2 aromatic carbocycles. The Bertz CT molecular complexity index is 967. The standard InChI is InChI=1S/C18H17FN2O2S2/c1-13-3-2-4-17(9-13)25(22,23)21-12-18-20-11-16(24-18)10-14-5-7-15(19)8-6-14/h2-9,11,21H,10,12H2,1H3. The van der Waals surface area contributed by atoms with Crippen molar-refractivity contribution in [2.45, 2.75) is 24.8 Å². The fraction of sp³-hybridized carbons (Fsp3) is 0.167. The molecule has 0 atom stereocenters. The van der Waals surface area contributed by atoms with E-state index in [-0.39, 0.29) is 17.3 Å². The van der Waals surface area contributed by atoms with Gasteiger partial charge in [-0.2, -0.15) is 0 Å². The number of hydrogen-bond donors (Lipinski definition) is 1. The van der Waals surface area contributed by atoms with Crippen LogP contribution in [0.4, 0.5) is 4.39 Å². The van der Waals surface area contributed by atoms with E-state index in [0.717, 1.165) is 16.0 Å². The molecule has 25 heavy (non-hydrogen) atoms. The second-order valence-electron chi connectivity index (χ2n) is 5.66. The quantitative estimate of drug-likeness (QED) is 0.714. The Morgan fingerprint density at radius 2 is 1.92 bits per heavy atom. The summed E-state index contributed by atoms with van der Waals surface area (Å²) in [4.78, 5) is 5.50. The van der Waals surface area contributed by atoms with Gasteiger partial charge >= 0.3 is 0 Å². The van der Waals surface area contributed by atoms with Crippen molar-refractivity contribution in [3.8, 4) is 0 Å². The topological polar surface area (TPSA) is 59.1 Å². The van der Waals surface area contributed by atoms with Gasteiger partial charge in [0.1, 0.15) is 10.8 Å². The summed E-state index contributed by atoms with van der Waals surface area (Å²) in [6.07, 6.45) is 2.37. The van der Waals surface area contributed by atoms with E-state index in [0.29, 0.717) is 11.4 Å². The van der Waals surface area contributed by atoms with Crippen LogP contribution in [0.25, 0.3) is 0 Å². The highest BCUT2D eigenvalue weighted by molar-refractivity contribution is 7.89. The summed E-state index contributed by atoms with van der Waals surface area (Å²) in [5.74, 6) is -0.265. The number of benzene rings is 2. The number of aromatic nitrogens is 1. The fourth-order valence-corrected chi connectivity index (χ4v) is 4.42. The first-order valence-electron chi connectivity index (χ1n) is 7.67. The summed E-state index contributed by atoms with van der Waals surface area (Å²) in [5, 5.41) is 0.688. The molecule has 0 bridgehead atoms. The van der Waals surface area contributed by atoms with Crippen LogP contribution in [0, 0.1) is 12.7 Å². The Morgan fingerprint density at radius 1 is 1.16 bits per heavy atom. The lowest BCUT2D eigenvalue weighted by molar-refractivity contribution is 0.581. The van der Waals surface area contributed by atoms with Crippen LogP contribution in [0.1, 0.15) is 21.0 Å². The lowest BCUT2D eigenvalue weighted by Crippen LogP contribution is -2.23. The van der Waals surface area contributed by atoms with Gasteiger partial charge in [0.2, 0.25) is 10.0 Å². The van der Waals surface area contributed by atoms with Crippen LogP contribution in [0.3, 0.4) is 0 Å². The van der Waals surface area contributed by atoms with Crippen LogP contribution in [-0.4, -0.2) is 13.4 Å². The van der Waals surface area contributed by atoms with Crippen molar-refractivity contribution in [2.24, 2.45) is 0 Å². The first-order chi connectivity index (χ1) is 11.9. The van der Waals surface area contributed by atoms with Gasteiger partial charge in [0.15, 0.2) is 0 Å². The van der Waals surface area contributed by atoms with Gasteiger partial charge in [-0.15, -0.1) is 11.3 Å². The molecular weight excluding hydrogens is 359 g/mol. The van der Waals surface area contributed by atoms with Gasteiger partial charge in [0.05, 0.1) is 11.4 Å². The summed E-state index contributed by atoms with van der Waals surface area (Å²) >= 11 is 1.44. The Balaban J connectivity index is 1.64. The maximum absolute atomic E-state index is 12.9. The first kappa shape index (κ1) is 17.7. The molecule has 130 valence electrons. The van der Waals surface area contributed by atoms with Crippen LogP contribution >= 0.6 is 11.3 Å². The molecule has 0 amide bonds. The minimum Gasteiger partial charge on any atom is -0.248 e. The number of aryl methyl sites for hydroxylation is 1. The third kappa shape index (κ3) is 4.72. The van der Waals surface area contributed by atoms with E-state index in [1.807, 2.05) is 13.0 Å². The van der Waals surface area contributed by atoms with Crippen LogP contribution in [0.15, 0.2) is 59.6 Å². The molecule has 0 fully saturated rings. The molecule has 4 nitrogen and oxygen atoms in total. The first-order valence-corrected chi connectivity index (χ1v) is 9.97. The molecule has 3 rings (SSSR count). The minimum absolute atomic E-state index is 0.143. The summed E-state index contributed by atoms with van der Waals surface area (Å²) in [5.41, 5.74) is 1.87. The molecule has 0 aliphatic carbocycles. The monoisotopic (exact) mass is 376 g/mol. The van der Waals surface area contributed by atoms with Crippen molar-refractivity contribution in [3.05, 3.63) is 81.6 Å². The van der Waals surface area contributed by atoms with Crippen molar-refractivity contribution >= 4 is 21.4 Å². The van der Waals surface area contributed by atoms with Gasteiger partial charge in [-0.3, -0.25) is 0 Å². The molecule has 0 aliphatic rings. The molecule has 7 heteroatoms. The van der Waals surface area contributed by atoms with Crippen molar-refractivity contribution in [1.82, 2.24) is 9.71 Å². The average Bonchev–Trinajstić information content (AvgIpc) is 3.03. The third-order valence-electron chi connectivity index (χ3n) is 3.61. The van der Waals surface area contributed by atoms with Crippen molar-refractivity contribution in [2.75, 3.05) is 0 Å². The molecule has 0 aliphatic heterocycles. The van der Waals surface area contributed by atoms with Crippen LogP contribution in [-0.2, 0) is 23.0 Å². The second kappa shape index (κ2) is 7.43. The molecule has 1 N–H and O–H groups in total. The highest BCUT2D eigenvalue weighted by Gasteiger charge is 2.14. The molecule has 1 aromatic heterocycles. The second-order valence-corrected chi connectivity index (χ2v) is 8.63. The number of nitrogens with zero attached hydrogens (tertiary/aromatic N) is 1. The number of hydrogen-bond acceptors (Lipinski definition) is 4. The number of nitrogens with one attached hydrogen (secondary N) is 1. The van der Waals surface area contributed by atoms with E-state index in [9.17, 15) is 12.8 Å². The summed E-state index contributed by atoms with van der Waals surface area (Å²) in [6, 6.07) is 13.1. The number of halogens is 1. The predicted octanol–water partition coefficient (Wildman–Crippen LogP) is 3.66. The normalized spacial score (nSPS) is 11.6. The molecule has 0 unspecified atom stereocenters. The summed E-state index contributed by atoms with van der Waals surface area (Å²) in [7, 11) is -3.56. The lowest BCUT2D eigenvalue weighted by atomic mass is 10.1. The third-order valence-corrected chi connectivity index (χ3v) is 6.00. The van der Waals surface area contributed by atoms with E-state index >= 15 is 0 Å². The number of rotatable bonds is 6. The molecule has 0 radical (unpaired) electrons. The molecular formula is C18H17FN2O2S2. The Kier molecular flexibility index (Phi) is 5.27. The highest BCUT2D eigenvalue weighted by atomic mass is 32.2. The van der Waals surface area contributed by atoms with Gasteiger partial charge in [-0.1, -0.05) is 24.3 Å². The summed E-state index contributed by atoms with van der Waals surface area (Å²) in [6.45, 7) is 1.99. The van der Waals surface area contributed by atoms with Gasteiger partial charge in [0.25, 0.3) is 0 Å². The molecule has 3 aromatic rings. The maximum atomic E-state index is 12.9. The fourth-order valence-electron chi connectivity index (χ4n) is 2.34. The summed E-state index contributed by atoms with van der Waals surface area (Å²) < 4.78 is 40.1.